The molecule has 0 heterocycles. The third-order valence-corrected chi connectivity index (χ3v) is 13.5. The van der Waals surface area contributed by atoms with Gasteiger partial charge in [-0.25, -0.2) is 4.57 Å². The van der Waals surface area contributed by atoms with Crippen LogP contribution >= 0.6 is 7.82 Å². The van der Waals surface area contributed by atoms with Crippen molar-refractivity contribution in [1.82, 2.24) is 5.32 Å². The minimum atomic E-state index is -4.38. The van der Waals surface area contributed by atoms with E-state index in [2.05, 4.69) is 153 Å². The van der Waals surface area contributed by atoms with Gasteiger partial charge in [0.05, 0.1) is 39.9 Å². The Morgan fingerprint density at radius 1 is 0.461 bits per heavy atom. The summed E-state index contributed by atoms with van der Waals surface area (Å²) >= 11 is 0. The van der Waals surface area contributed by atoms with Crippen LogP contribution in [0.4, 0.5) is 0 Å². The molecule has 0 fully saturated rings. The van der Waals surface area contributed by atoms with Gasteiger partial charge < -0.3 is 19.8 Å². The van der Waals surface area contributed by atoms with Crippen molar-refractivity contribution >= 4 is 13.7 Å². The molecule has 9 heteroatoms. The van der Waals surface area contributed by atoms with Gasteiger partial charge in [0.25, 0.3) is 0 Å². The number of allylic oxidation sites excluding steroid dienone is 23. The number of phosphoric ester groups is 1. The number of nitrogens with zero attached hydrogens (tertiary/aromatic N) is 1. The monoisotopic (exact) mass is 1070 g/mol. The molecule has 432 valence electrons. The van der Waals surface area contributed by atoms with Crippen molar-refractivity contribution in [1.29, 1.82) is 0 Å². The van der Waals surface area contributed by atoms with E-state index >= 15 is 0 Å². The molecule has 3 unspecified atom stereocenters. The van der Waals surface area contributed by atoms with E-state index in [-0.39, 0.29) is 19.1 Å². The highest BCUT2D eigenvalue weighted by molar-refractivity contribution is 7.47. The van der Waals surface area contributed by atoms with E-state index in [0.717, 1.165) is 122 Å². The fraction of sp³-hybridized carbons (Fsp3) is 0.627. The van der Waals surface area contributed by atoms with Crippen molar-refractivity contribution in [3.63, 3.8) is 0 Å². The largest absolute Gasteiger partial charge is 0.472 e. The molecule has 0 aliphatic carbocycles. The van der Waals surface area contributed by atoms with E-state index in [1.54, 1.807) is 6.08 Å². The molecule has 0 aromatic carbocycles. The first-order chi connectivity index (χ1) is 37.0. The second kappa shape index (κ2) is 56.1. The number of aliphatic hydroxyl groups is 1. The number of rotatable bonds is 53. The lowest BCUT2D eigenvalue weighted by Crippen LogP contribution is -2.45. The number of likely N-dealkylation sites (N-methyl/N-ethyl adjacent to an activating group) is 1. The molecule has 0 rings (SSSR count). The van der Waals surface area contributed by atoms with Gasteiger partial charge in [0.15, 0.2) is 0 Å². The highest BCUT2D eigenvalue weighted by atomic mass is 31.2. The summed E-state index contributed by atoms with van der Waals surface area (Å²) in [5.41, 5.74) is 0. The zero-order valence-electron chi connectivity index (χ0n) is 49.2. The normalized spacial score (nSPS) is 14.9. The standard InChI is InChI=1S/C67H113N2O6P/c1-6-8-10-12-14-16-18-20-22-24-26-28-29-30-31-32-33-34-35-36-37-38-39-41-43-45-47-49-51-53-55-57-59-61-67(71)68-65(64-75-76(72,73)74-63-62-69(3,4)5)66(70)60-58-56-54-52-50-48-46-44-42-40-27-25-23-21-19-17-15-13-11-9-7-2/h8,10,14,16,20,22,26,28,30-31,33-34,36-37,39,41-42,44-45,47,50,52,58,60,65-66,70H,6-7,9,11-13,15,17-19,21,23-25,27,29,32,35,38,40,43,46,48-49,51,53-57,59,61-64H2,1-5H3,(H-,68,71,72,73)/p+1/b10-8-,16-14-,22-20-,28-26-,31-30-,34-33-,37-36-,41-39-,44-42+,47-45-,52-50+,60-58+. The maximum atomic E-state index is 13.0. The maximum Gasteiger partial charge on any atom is 0.472 e. The summed E-state index contributed by atoms with van der Waals surface area (Å²) in [6.45, 7) is 4.64. The summed E-state index contributed by atoms with van der Waals surface area (Å²) in [6.07, 6.45) is 86.7. The van der Waals surface area contributed by atoms with E-state index in [0.29, 0.717) is 17.4 Å². The molecule has 0 aliphatic rings. The van der Waals surface area contributed by atoms with Gasteiger partial charge in [0.2, 0.25) is 5.91 Å². The number of quaternary nitrogens is 1. The Bertz CT molecular complexity index is 1740. The van der Waals surface area contributed by atoms with Crippen LogP contribution in [-0.2, 0) is 18.4 Å². The zero-order chi connectivity index (χ0) is 55.6. The second-order valence-electron chi connectivity index (χ2n) is 21.0. The Hall–Kier alpha value is -3.62. The number of hydrogen-bond acceptors (Lipinski definition) is 5. The van der Waals surface area contributed by atoms with Gasteiger partial charge in [-0.1, -0.05) is 243 Å². The van der Waals surface area contributed by atoms with E-state index in [4.69, 9.17) is 9.05 Å². The molecule has 0 saturated carbocycles. The number of phosphoric acid groups is 1. The van der Waals surface area contributed by atoms with Crippen molar-refractivity contribution in [3.8, 4) is 0 Å². The molecule has 0 radical (unpaired) electrons. The van der Waals surface area contributed by atoms with Gasteiger partial charge in [-0.3, -0.25) is 13.8 Å². The molecule has 0 aliphatic heterocycles. The first kappa shape index (κ1) is 72.4. The molecule has 8 nitrogen and oxygen atoms in total. The van der Waals surface area contributed by atoms with Crippen molar-refractivity contribution in [3.05, 3.63) is 146 Å². The molecule has 0 saturated heterocycles. The highest BCUT2D eigenvalue weighted by Gasteiger charge is 2.27. The zero-order valence-corrected chi connectivity index (χ0v) is 50.1. The molecule has 1 amide bonds. The molecular weight excluding hydrogens is 960 g/mol. The number of hydrogen-bond donors (Lipinski definition) is 3. The summed E-state index contributed by atoms with van der Waals surface area (Å²) in [5, 5.41) is 13.9. The smallest absolute Gasteiger partial charge is 0.387 e. The van der Waals surface area contributed by atoms with Crippen LogP contribution in [0.15, 0.2) is 146 Å². The minimum Gasteiger partial charge on any atom is -0.387 e. The molecule has 3 atom stereocenters. The Labute approximate surface area is 468 Å². The molecule has 0 spiro atoms. The molecular formula is C67H114N2O6P+. The van der Waals surface area contributed by atoms with Crippen LogP contribution in [0.5, 0.6) is 0 Å². The number of aliphatic hydroxyl groups excluding tert-OH is 1. The van der Waals surface area contributed by atoms with Gasteiger partial charge in [-0.2, -0.15) is 0 Å². The molecule has 0 aromatic rings. The SMILES string of the molecule is CC/C=C\C/C=C\C/C=C\C/C=C\C/C=C\C/C=C\C/C=C\C/C=C\C/C=C\CCCCCCCC(=O)NC(COP(=O)(O)OCC[N+](C)(C)C)C(O)/C=C/CC/C=C/CC/C=C/CCCCCCCCCCCCC. The van der Waals surface area contributed by atoms with Gasteiger partial charge in [0.1, 0.15) is 13.2 Å². The lowest BCUT2D eigenvalue weighted by atomic mass is 10.1. The summed E-state index contributed by atoms with van der Waals surface area (Å²) < 4.78 is 23.7. The minimum absolute atomic E-state index is 0.0411. The van der Waals surface area contributed by atoms with Crippen LogP contribution in [0.3, 0.4) is 0 Å². The summed E-state index contributed by atoms with van der Waals surface area (Å²) in [5.74, 6) is -0.216. The van der Waals surface area contributed by atoms with E-state index < -0.39 is 20.0 Å². The lowest BCUT2D eigenvalue weighted by molar-refractivity contribution is -0.870. The van der Waals surface area contributed by atoms with Crippen molar-refractivity contribution < 1.29 is 32.9 Å². The van der Waals surface area contributed by atoms with Crippen molar-refractivity contribution in [2.75, 3.05) is 40.9 Å². The average Bonchev–Trinajstić information content (AvgIpc) is 3.38. The van der Waals surface area contributed by atoms with Gasteiger partial charge in [0, 0.05) is 6.42 Å². The van der Waals surface area contributed by atoms with Crippen molar-refractivity contribution in [2.45, 2.75) is 231 Å². The lowest BCUT2D eigenvalue weighted by Gasteiger charge is -2.25. The summed E-state index contributed by atoms with van der Waals surface area (Å²) in [6, 6.07) is -0.893. The Balaban J connectivity index is 4.34. The van der Waals surface area contributed by atoms with Crippen LogP contribution in [0.25, 0.3) is 0 Å². The van der Waals surface area contributed by atoms with Gasteiger partial charge in [-0.05, 0) is 116 Å². The predicted octanol–water partition coefficient (Wildman–Crippen LogP) is 18.9. The van der Waals surface area contributed by atoms with E-state index in [1.807, 2.05) is 27.2 Å². The van der Waals surface area contributed by atoms with Crippen molar-refractivity contribution in [2.24, 2.45) is 0 Å². The van der Waals surface area contributed by atoms with Gasteiger partial charge in [-0.15, -0.1) is 0 Å². The van der Waals surface area contributed by atoms with Gasteiger partial charge >= 0.3 is 7.82 Å². The fourth-order valence-corrected chi connectivity index (χ4v) is 8.57. The third kappa shape index (κ3) is 58.1. The van der Waals surface area contributed by atoms with Crippen LogP contribution in [-0.4, -0.2) is 73.4 Å². The Morgan fingerprint density at radius 2 is 0.803 bits per heavy atom. The molecule has 3 N–H and O–H groups in total. The number of carbonyl (C=O) groups excluding carboxylic acids is 1. The number of nitrogens with one attached hydrogen (secondary N) is 1. The first-order valence-corrected chi connectivity index (χ1v) is 31.7. The molecule has 76 heavy (non-hydrogen) atoms. The predicted molar refractivity (Wildman–Crippen MR) is 331 cm³/mol. The van der Waals surface area contributed by atoms with E-state index in [9.17, 15) is 19.4 Å². The topological polar surface area (TPSA) is 105 Å². The second-order valence-corrected chi connectivity index (χ2v) is 22.4. The fourth-order valence-electron chi connectivity index (χ4n) is 7.83. The maximum absolute atomic E-state index is 13.0. The number of carbonyl (C=O) groups is 1. The first-order valence-electron chi connectivity index (χ1n) is 30.2. The number of unbranched alkanes of at least 4 members (excludes halogenated alkanes) is 18. The summed E-state index contributed by atoms with van der Waals surface area (Å²) in [7, 11) is 1.51. The summed E-state index contributed by atoms with van der Waals surface area (Å²) in [4.78, 5) is 23.3. The quantitative estimate of drug-likeness (QED) is 0.0243. The molecule has 0 aromatic heterocycles. The average molecular weight is 1070 g/mol. The highest BCUT2D eigenvalue weighted by Crippen LogP contribution is 2.43. The van der Waals surface area contributed by atoms with Crippen LogP contribution < -0.4 is 5.32 Å². The Kier molecular flexibility index (Phi) is 53.4. The third-order valence-electron chi connectivity index (χ3n) is 12.5. The molecule has 0 bridgehead atoms. The Morgan fingerprint density at radius 3 is 1.21 bits per heavy atom. The van der Waals surface area contributed by atoms with Crippen LogP contribution in [0.1, 0.15) is 219 Å². The van der Waals surface area contributed by atoms with Crippen LogP contribution in [0, 0.1) is 0 Å². The number of amides is 1. The van der Waals surface area contributed by atoms with Crippen LogP contribution in [0.2, 0.25) is 0 Å². The van der Waals surface area contributed by atoms with E-state index in [1.165, 1.54) is 77.0 Å².